The Morgan fingerprint density at radius 3 is 2.76 bits per heavy atom. The number of urea groups is 1. The Morgan fingerprint density at radius 1 is 1.33 bits per heavy atom. The van der Waals surface area contributed by atoms with Gasteiger partial charge in [0, 0.05) is 38.5 Å². The van der Waals surface area contributed by atoms with Crippen LogP contribution in [0.4, 0.5) is 4.79 Å². The summed E-state index contributed by atoms with van der Waals surface area (Å²) in [7, 11) is 3.61. The number of nitrogens with one attached hydrogen (secondary N) is 1. The van der Waals surface area contributed by atoms with Crippen molar-refractivity contribution in [3.05, 3.63) is 22.8 Å². The molecule has 0 saturated carbocycles. The second-order valence-corrected chi connectivity index (χ2v) is 10.7. The van der Waals surface area contributed by atoms with Crippen molar-refractivity contribution in [1.82, 2.24) is 20.0 Å². The quantitative estimate of drug-likeness (QED) is 0.644. The number of piperidine rings is 2. The lowest BCUT2D eigenvalue weighted by Crippen LogP contribution is -2.53. The Balaban J connectivity index is 1.58. The van der Waals surface area contributed by atoms with Gasteiger partial charge in [-0.3, -0.25) is 9.69 Å². The molecule has 9 heteroatoms. The normalized spacial score (nSPS) is 29.7. The number of likely N-dealkylation sites (tertiary alicyclic amines) is 2. The molecule has 0 radical (unpaired) electrons. The van der Waals surface area contributed by atoms with Crippen LogP contribution >= 0.6 is 11.8 Å². The number of nitrogens with zero attached hydrogens (tertiary/aromatic N) is 4. The molecule has 2 saturated heterocycles. The van der Waals surface area contributed by atoms with E-state index in [1.54, 1.807) is 7.05 Å². The minimum Gasteiger partial charge on any atom is -0.392 e. The number of nitriles is 1. The molecular formula is C24H38N6O2S. The van der Waals surface area contributed by atoms with Gasteiger partial charge in [-0.1, -0.05) is 13.0 Å². The lowest BCUT2D eigenvalue weighted by atomic mass is 9.77. The Hall–Kier alpha value is -2.02. The number of carbonyl (C=O) groups excluding carboxylic acids is 2. The van der Waals surface area contributed by atoms with Crippen LogP contribution in [0.1, 0.15) is 38.5 Å². The highest BCUT2D eigenvalue weighted by atomic mass is 32.2. The van der Waals surface area contributed by atoms with Crippen molar-refractivity contribution in [2.75, 3.05) is 52.6 Å². The number of allylic oxidation sites excluding steroid dienone is 2. The van der Waals surface area contributed by atoms with Crippen LogP contribution < -0.4 is 11.1 Å². The highest BCUT2D eigenvalue weighted by molar-refractivity contribution is 8.03. The average Bonchev–Trinajstić information content (AvgIpc) is 2.85. The van der Waals surface area contributed by atoms with E-state index in [2.05, 4.69) is 27.8 Å². The number of hydrogen-bond acceptors (Lipinski definition) is 7. The second kappa shape index (κ2) is 11.9. The number of rotatable bonds is 4. The summed E-state index contributed by atoms with van der Waals surface area (Å²) in [5, 5.41) is 13.0. The molecule has 3 aliphatic rings. The van der Waals surface area contributed by atoms with E-state index in [0.29, 0.717) is 42.6 Å². The molecule has 182 valence electrons. The van der Waals surface area contributed by atoms with Crippen molar-refractivity contribution in [2.45, 2.75) is 44.6 Å². The Labute approximate surface area is 202 Å². The van der Waals surface area contributed by atoms with Crippen LogP contribution in [0.5, 0.6) is 0 Å². The minimum absolute atomic E-state index is 0.147. The summed E-state index contributed by atoms with van der Waals surface area (Å²) in [6, 6.07) is 2.17. The number of carbonyl (C=O) groups is 2. The zero-order valence-corrected chi connectivity index (χ0v) is 20.8. The predicted octanol–water partition coefficient (Wildman–Crippen LogP) is 2.35. The summed E-state index contributed by atoms with van der Waals surface area (Å²) in [5.41, 5.74) is 7.33. The van der Waals surface area contributed by atoms with Crippen molar-refractivity contribution in [2.24, 2.45) is 17.6 Å². The van der Waals surface area contributed by atoms with E-state index in [4.69, 9.17) is 5.73 Å². The van der Waals surface area contributed by atoms with Gasteiger partial charge >= 0.3 is 6.03 Å². The smallest absolute Gasteiger partial charge is 0.323 e. The third-order valence-electron chi connectivity index (χ3n) is 7.23. The van der Waals surface area contributed by atoms with Crippen molar-refractivity contribution in [3.8, 4) is 6.07 Å². The zero-order chi connectivity index (χ0) is 24.0. The van der Waals surface area contributed by atoms with Crippen molar-refractivity contribution in [1.29, 1.82) is 5.26 Å². The molecule has 3 heterocycles. The van der Waals surface area contributed by atoms with Crippen LogP contribution in [0.15, 0.2) is 22.8 Å². The Bertz CT molecular complexity index is 816. The minimum atomic E-state index is -0.334. The van der Waals surface area contributed by atoms with Gasteiger partial charge in [0.05, 0.1) is 16.5 Å². The highest BCUT2D eigenvalue weighted by Gasteiger charge is 2.39. The number of hydrogen-bond donors (Lipinski definition) is 2. The number of nitrogens with two attached hydrogens (primary N) is 1. The first-order valence-corrected chi connectivity index (χ1v) is 13.0. The third kappa shape index (κ3) is 6.52. The number of thioether (sulfide) groups is 1. The van der Waals surface area contributed by atoms with Crippen LogP contribution in [0.25, 0.3) is 0 Å². The molecule has 2 fully saturated rings. The Morgan fingerprint density at radius 2 is 2.06 bits per heavy atom. The molecule has 3 N–H and O–H groups in total. The predicted molar refractivity (Wildman–Crippen MR) is 132 cm³/mol. The molecule has 0 bridgehead atoms. The summed E-state index contributed by atoms with van der Waals surface area (Å²) in [5.74, 6) is 0.609. The van der Waals surface area contributed by atoms with Crippen LogP contribution in [0.2, 0.25) is 0 Å². The van der Waals surface area contributed by atoms with Gasteiger partial charge in [0.2, 0.25) is 5.91 Å². The topological polar surface area (TPSA) is 106 Å². The van der Waals surface area contributed by atoms with Crippen LogP contribution in [-0.2, 0) is 4.79 Å². The maximum absolute atomic E-state index is 13.2. The molecule has 0 aliphatic carbocycles. The van der Waals surface area contributed by atoms with Crippen molar-refractivity contribution >= 4 is 23.7 Å². The van der Waals surface area contributed by atoms with Gasteiger partial charge < -0.3 is 20.9 Å². The summed E-state index contributed by atoms with van der Waals surface area (Å²) in [4.78, 5) is 31.7. The number of amides is 3. The molecule has 0 aromatic heterocycles. The van der Waals surface area contributed by atoms with E-state index in [0.717, 1.165) is 37.4 Å². The fraction of sp³-hybridized carbons (Fsp3) is 0.708. The lowest BCUT2D eigenvalue weighted by Gasteiger charge is -2.43. The number of imide groups is 1. The first-order chi connectivity index (χ1) is 15.8. The molecule has 0 unspecified atom stereocenters. The molecule has 8 nitrogen and oxygen atoms in total. The van der Waals surface area contributed by atoms with Crippen molar-refractivity contribution in [3.63, 3.8) is 0 Å². The molecule has 3 rings (SSSR count). The van der Waals surface area contributed by atoms with E-state index < -0.39 is 0 Å². The van der Waals surface area contributed by atoms with Gasteiger partial charge in [0.15, 0.2) is 0 Å². The molecule has 33 heavy (non-hydrogen) atoms. The summed E-state index contributed by atoms with van der Waals surface area (Å²) >= 11 is 1.51. The average molecular weight is 475 g/mol. The third-order valence-corrected chi connectivity index (χ3v) is 8.19. The van der Waals surface area contributed by atoms with Crippen LogP contribution in [-0.4, -0.2) is 85.3 Å². The number of fused-ring (bicyclic) bond motifs is 1. The summed E-state index contributed by atoms with van der Waals surface area (Å²) in [6.07, 6.45) is 5.97. The molecule has 3 aliphatic heterocycles. The fourth-order valence-corrected chi connectivity index (χ4v) is 6.29. The van der Waals surface area contributed by atoms with Crippen LogP contribution in [0, 0.1) is 23.2 Å². The largest absolute Gasteiger partial charge is 0.392 e. The molecular weight excluding hydrogens is 436 g/mol. The molecule has 3 atom stereocenters. The van der Waals surface area contributed by atoms with E-state index in [9.17, 15) is 14.9 Å². The van der Waals surface area contributed by atoms with Gasteiger partial charge in [-0.2, -0.15) is 5.26 Å². The van der Waals surface area contributed by atoms with E-state index in [1.165, 1.54) is 35.9 Å². The Kier molecular flexibility index (Phi) is 9.24. The standard InChI is InChI=1S/C24H38N6O2S/c1-17-13-18-14-19(16-28(2)21(18)7-12-33-22(26)20(17)15-25)23(31)29(3)24(32)27-8-11-30-9-5-4-6-10-30/h18-19,21H,1,4-14,16,26H2,2-3H3,(H,27,32)/b22-20-/t18-,19+,21+/m0/s1. The SMILES string of the molecule is C=C1C[C@H]2C[C@@H](C(=O)N(C)C(=O)NCCN3CCCCC3)CN(C)[C@@H]2CCS/C(N)=C\1C#N. The summed E-state index contributed by atoms with van der Waals surface area (Å²) < 4.78 is 0. The van der Waals surface area contributed by atoms with Gasteiger partial charge in [-0.15, -0.1) is 11.8 Å². The van der Waals surface area contributed by atoms with Gasteiger partial charge in [0.25, 0.3) is 0 Å². The molecule has 0 aromatic carbocycles. The van der Waals surface area contributed by atoms with Gasteiger partial charge in [-0.25, -0.2) is 4.79 Å². The van der Waals surface area contributed by atoms with E-state index >= 15 is 0 Å². The first kappa shape index (κ1) is 25.6. The molecule has 0 aromatic rings. The van der Waals surface area contributed by atoms with Crippen LogP contribution in [0.3, 0.4) is 0 Å². The fourth-order valence-electron chi connectivity index (χ4n) is 5.38. The van der Waals surface area contributed by atoms with E-state index in [1.807, 2.05) is 7.05 Å². The zero-order valence-electron chi connectivity index (χ0n) is 20.0. The maximum Gasteiger partial charge on any atom is 0.323 e. The highest BCUT2D eigenvalue weighted by Crippen LogP contribution is 2.38. The second-order valence-electron chi connectivity index (χ2n) is 9.53. The summed E-state index contributed by atoms with van der Waals surface area (Å²) in [6.45, 7) is 8.28. The lowest BCUT2D eigenvalue weighted by molar-refractivity contribution is -0.134. The molecule has 0 spiro atoms. The molecule has 3 amide bonds. The van der Waals surface area contributed by atoms with Gasteiger partial charge in [-0.05, 0) is 63.7 Å². The monoisotopic (exact) mass is 474 g/mol. The van der Waals surface area contributed by atoms with Gasteiger partial charge in [0.1, 0.15) is 6.07 Å². The first-order valence-electron chi connectivity index (χ1n) is 12.0. The maximum atomic E-state index is 13.2. The van der Waals surface area contributed by atoms with Crippen molar-refractivity contribution < 1.29 is 9.59 Å². The van der Waals surface area contributed by atoms with E-state index in [-0.39, 0.29) is 23.8 Å².